The first-order valence-electron chi connectivity index (χ1n) is 5.29. The van der Waals surface area contributed by atoms with Gasteiger partial charge in [-0.1, -0.05) is 11.6 Å². The van der Waals surface area contributed by atoms with Gasteiger partial charge in [-0.15, -0.1) is 11.3 Å². The number of hydrogen-bond donors (Lipinski definition) is 1. The number of nitrogens with one attached hydrogen (secondary N) is 1. The molecule has 0 aromatic carbocycles. The Bertz CT molecular complexity index is 512. The molecule has 0 atom stereocenters. The van der Waals surface area contributed by atoms with Crippen LogP contribution < -0.4 is 5.32 Å². The second kappa shape index (κ2) is 5.42. The van der Waals surface area contributed by atoms with Crippen molar-refractivity contribution in [2.45, 2.75) is 20.3 Å². The van der Waals surface area contributed by atoms with Crippen LogP contribution in [-0.2, 0) is 6.42 Å². The van der Waals surface area contributed by atoms with Crippen LogP contribution in [0.15, 0.2) is 12.5 Å². The van der Waals surface area contributed by atoms with Crippen molar-refractivity contribution in [2.75, 3.05) is 11.9 Å². The molecule has 6 heteroatoms. The lowest BCUT2D eigenvalue weighted by molar-refractivity contribution is 0.997. The molecule has 0 unspecified atom stereocenters. The van der Waals surface area contributed by atoms with E-state index in [4.69, 9.17) is 11.6 Å². The van der Waals surface area contributed by atoms with Gasteiger partial charge in [-0.2, -0.15) is 0 Å². The molecular weight excluding hydrogens is 256 g/mol. The van der Waals surface area contributed by atoms with Gasteiger partial charge >= 0.3 is 0 Å². The molecule has 2 rings (SSSR count). The summed E-state index contributed by atoms with van der Waals surface area (Å²) in [6, 6.07) is 0. The van der Waals surface area contributed by atoms with Crippen LogP contribution in [0.4, 0.5) is 5.82 Å². The third-order valence-electron chi connectivity index (χ3n) is 2.31. The van der Waals surface area contributed by atoms with E-state index in [0.717, 1.165) is 23.7 Å². The van der Waals surface area contributed by atoms with Crippen LogP contribution in [0, 0.1) is 13.8 Å². The van der Waals surface area contributed by atoms with Gasteiger partial charge in [-0.05, 0) is 13.8 Å². The number of aromatic nitrogens is 3. The molecule has 0 bridgehead atoms. The van der Waals surface area contributed by atoms with E-state index < -0.39 is 0 Å². The molecule has 0 fully saturated rings. The average Bonchev–Trinajstić information content (AvgIpc) is 2.60. The predicted molar refractivity (Wildman–Crippen MR) is 70.8 cm³/mol. The summed E-state index contributed by atoms with van der Waals surface area (Å²) < 4.78 is 0. The number of rotatable bonds is 4. The van der Waals surface area contributed by atoms with Crippen molar-refractivity contribution in [1.82, 2.24) is 15.0 Å². The maximum Gasteiger partial charge on any atom is 0.148 e. The average molecular weight is 269 g/mol. The minimum Gasteiger partial charge on any atom is -0.368 e. The lowest BCUT2D eigenvalue weighted by Gasteiger charge is -2.05. The van der Waals surface area contributed by atoms with E-state index in [1.807, 2.05) is 13.8 Å². The van der Waals surface area contributed by atoms with Gasteiger partial charge in [-0.3, -0.25) is 0 Å². The van der Waals surface area contributed by atoms with Crippen molar-refractivity contribution in [3.63, 3.8) is 0 Å². The smallest absolute Gasteiger partial charge is 0.148 e. The third-order valence-corrected chi connectivity index (χ3v) is 3.72. The van der Waals surface area contributed by atoms with Crippen molar-refractivity contribution in [2.24, 2.45) is 0 Å². The Morgan fingerprint density at radius 2 is 2.24 bits per heavy atom. The lowest BCUT2D eigenvalue weighted by Crippen LogP contribution is -2.06. The summed E-state index contributed by atoms with van der Waals surface area (Å²) in [5, 5.41) is 4.85. The van der Waals surface area contributed by atoms with Crippen LogP contribution >= 0.6 is 22.9 Å². The number of aryl methyl sites for hydroxylation is 2. The third kappa shape index (κ3) is 3.14. The molecule has 17 heavy (non-hydrogen) atoms. The molecule has 90 valence electrons. The number of thiazole rings is 1. The molecular formula is C11H13ClN4S. The molecule has 0 spiro atoms. The fourth-order valence-corrected chi connectivity index (χ4v) is 2.65. The molecule has 0 aliphatic rings. The van der Waals surface area contributed by atoms with Gasteiger partial charge in [0.15, 0.2) is 0 Å². The molecule has 0 aliphatic heterocycles. The van der Waals surface area contributed by atoms with Gasteiger partial charge in [0.1, 0.15) is 17.2 Å². The summed E-state index contributed by atoms with van der Waals surface area (Å²) in [7, 11) is 0. The van der Waals surface area contributed by atoms with Crippen molar-refractivity contribution in [3.8, 4) is 0 Å². The Labute approximate surface area is 109 Å². The minimum atomic E-state index is 0.546. The molecule has 2 aromatic rings. The van der Waals surface area contributed by atoms with E-state index in [1.54, 1.807) is 17.5 Å². The number of hydrogen-bond acceptors (Lipinski definition) is 5. The molecule has 2 aromatic heterocycles. The van der Waals surface area contributed by atoms with Gasteiger partial charge in [-0.25, -0.2) is 15.0 Å². The minimum absolute atomic E-state index is 0.546. The quantitative estimate of drug-likeness (QED) is 0.926. The zero-order chi connectivity index (χ0) is 12.3. The van der Waals surface area contributed by atoms with E-state index >= 15 is 0 Å². The van der Waals surface area contributed by atoms with Gasteiger partial charge in [0.2, 0.25) is 0 Å². The summed E-state index contributed by atoms with van der Waals surface area (Å²) in [5.41, 5.74) is 1.11. The SMILES string of the molecule is Cc1nc(C)c(CCNc2ncncc2Cl)s1. The van der Waals surface area contributed by atoms with Crippen molar-refractivity contribution in [3.05, 3.63) is 33.1 Å². The fraction of sp³-hybridized carbons (Fsp3) is 0.364. The fourth-order valence-electron chi connectivity index (χ4n) is 1.54. The molecule has 0 saturated carbocycles. The second-order valence-electron chi connectivity index (χ2n) is 3.64. The predicted octanol–water partition coefficient (Wildman–Crippen LogP) is 2.86. The Kier molecular flexibility index (Phi) is 3.91. The van der Waals surface area contributed by atoms with Gasteiger partial charge in [0.25, 0.3) is 0 Å². The number of anilines is 1. The molecule has 1 N–H and O–H groups in total. The summed E-state index contributed by atoms with van der Waals surface area (Å²) >= 11 is 7.68. The highest BCUT2D eigenvalue weighted by atomic mass is 35.5. The van der Waals surface area contributed by atoms with E-state index in [-0.39, 0.29) is 0 Å². The molecule has 0 saturated heterocycles. The molecule has 0 radical (unpaired) electrons. The first-order chi connectivity index (χ1) is 8.16. The molecule has 2 heterocycles. The Morgan fingerprint density at radius 3 is 2.88 bits per heavy atom. The Morgan fingerprint density at radius 1 is 1.41 bits per heavy atom. The summed E-state index contributed by atoms with van der Waals surface area (Å²) in [6.45, 7) is 4.85. The summed E-state index contributed by atoms with van der Waals surface area (Å²) in [4.78, 5) is 13.6. The maximum absolute atomic E-state index is 5.94. The first kappa shape index (κ1) is 12.3. The highest BCUT2D eigenvalue weighted by Crippen LogP contribution is 2.19. The summed E-state index contributed by atoms with van der Waals surface area (Å²) in [6.07, 6.45) is 3.99. The molecule has 0 aliphatic carbocycles. The van der Waals surface area contributed by atoms with Gasteiger partial charge in [0, 0.05) is 17.8 Å². The highest BCUT2D eigenvalue weighted by molar-refractivity contribution is 7.11. The monoisotopic (exact) mass is 268 g/mol. The van der Waals surface area contributed by atoms with E-state index in [9.17, 15) is 0 Å². The van der Waals surface area contributed by atoms with Crippen LogP contribution in [0.2, 0.25) is 5.02 Å². The maximum atomic E-state index is 5.94. The van der Waals surface area contributed by atoms with E-state index in [2.05, 4.69) is 20.3 Å². The number of halogens is 1. The van der Waals surface area contributed by atoms with Crippen molar-refractivity contribution >= 4 is 28.8 Å². The van der Waals surface area contributed by atoms with Crippen LogP contribution in [0.3, 0.4) is 0 Å². The van der Waals surface area contributed by atoms with Crippen LogP contribution in [0.5, 0.6) is 0 Å². The first-order valence-corrected chi connectivity index (χ1v) is 6.48. The zero-order valence-corrected chi connectivity index (χ0v) is 11.3. The summed E-state index contributed by atoms with van der Waals surface area (Å²) in [5.74, 6) is 0.681. The standard InChI is InChI=1S/C11H13ClN4S/c1-7-10(17-8(2)16-7)3-4-14-11-9(12)5-13-6-15-11/h5-6H,3-4H2,1-2H3,(H,13,14,15). The second-order valence-corrected chi connectivity index (χ2v) is 5.33. The van der Waals surface area contributed by atoms with Gasteiger partial charge < -0.3 is 5.32 Å². The van der Waals surface area contributed by atoms with E-state index in [1.165, 1.54) is 11.2 Å². The van der Waals surface area contributed by atoms with Crippen LogP contribution in [0.25, 0.3) is 0 Å². The molecule has 0 amide bonds. The Balaban J connectivity index is 1.92. The normalized spacial score (nSPS) is 10.5. The Hall–Kier alpha value is -1.20. The number of nitrogens with zero attached hydrogens (tertiary/aromatic N) is 3. The highest BCUT2D eigenvalue weighted by Gasteiger charge is 2.05. The van der Waals surface area contributed by atoms with Crippen molar-refractivity contribution in [1.29, 1.82) is 0 Å². The topological polar surface area (TPSA) is 50.7 Å². The van der Waals surface area contributed by atoms with Crippen molar-refractivity contribution < 1.29 is 0 Å². The van der Waals surface area contributed by atoms with E-state index in [0.29, 0.717) is 10.8 Å². The van der Waals surface area contributed by atoms with Crippen LogP contribution in [0.1, 0.15) is 15.6 Å². The molecule has 4 nitrogen and oxygen atoms in total. The van der Waals surface area contributed by atoms with Crippen LogP contribution in [-0.4, -0.2) is 21.5 Å². The van der Waals surface area contributed by atoms with Gasteiger partial charge in [0.05, 0.1) is 16.9 Å². The lowest BCUT2D eigenvalue weighted by atomic mass is 10.3. The largest absolute Gasteiger partial charge is 0.368 e. The zero-order valence-electron chi connectivity index (χ0n) is 9.70.